The Labute approximate surface area is 171 Å². The van der Waals surface area contributed by atoms with Crippen LogP contribution in [0, 0.1) is 6.92 Å². The van der Waals surface area contributed by atoms with Crippen LogP contribution in [0.1, 0.15) is 26.5 Å². The number of anilines is 1. The van der Waals surface area contributed by atoms with Crippen LogP contribution in [-0.2, 0) is 6.42 Å². The number of hydrogen-bond acceptors (Lipinski definition) is 4. The third-order valence-corrected chi connectivity index (χ3v) is 5.49. The quantitative estimate of drug-likeness (QED) is 0.497. The van der Waals surface area contributed by atoms with Crippen LogP contribution in [0.2, 0.25) is 5.15 Å². The van der Waals surface area contributed by atoms with Gasteiger partial charge in [0, 0.05) is 17.5 Å². The van der Waals surface area contributed by atoms with Gasteiger partial charge in [-0.1, -0.05) is 60.1 Å². The molecule has 4 rings (SSSR count). The fourth-order valence-corrected chi connectivity index (χ4v) is 4.10. The number of rotatable bonds is 5. The van der Waals surface area contributed by atoms with Crippen LogP contribution in [0.15, 0.2) is 66.9 Å². The largest absolute Gasteiger partial charge is 0.298 e. The minimum absolute atomic E-state index is 0.280. The maximum absolute atomic E-state index is 12.8. The summed E-state index contributed by atoms with van der Waals surface area (Å²) in [4.78, 5) is 18.2. The minimum atomic E-state index is -0.315. The Morgan fingerprint density at radius 3 is 2.50 bits per heavy atom. The van der Waals surface area contributed by atoms with Gasteiger partial charge in [0.2, 0.25) is 0 Å². The molecule has 1 N–H and O–H groups in total. The second-order valence-corrected chi connectivity index (χ2v) is 7.72. The van der Waals surface area contributed by atoms with Crippen molar-refractivity contribution in [3.63, 3.8) is 0 Å². The van der Waals surface area contributed by atoms with Gasteiger partial charge in [-0.05, 0) is 24.6 Å². The maximum Gasteiger partial charge on any atom is 0.262 e. The number of hydrogen-bond donors (Lipinski definition) is 1. The van der Waals surface area contributed by atoms with Gasteiger partial charge in [-0.15, -0.1) is 11.3 Å². The molecule has 28 heavy (non-hydrogen) atoms. The number of halogens is 1. The third-order valence-electron chi connectivity index (χ3n) is 4.23. The molecule has 0 spiro atoms. The van der Waals surface area contributed by atoms with Crippen molar-refractivity contribution in [3.8, 4) is 5.69 Å². The lowest BCUT2D eigenvalue weighted by molar-refractivity contribution is 0.102. The highest BCUT2D eigenvalue weighted by Crippen LogP contribution is 2.26. The van der Waals surface area contributed by atoms with E-state index in [2.05, 4.69) is 27.5 Å². The number of benzene rings is 2. The Hall–Kier alpha value is -2.96. The van der Waals surface area contributed by atoms with Crippen molar-refractivity contribution in [2.24, 2.45) is 0 Å². The Balaban J connectivity index is 1.52. The molecule has 0 fully saturated rings. The van der Waals surface area contributed by atoms with E-state index < -0.39 is 0 Å². The molecule has 2 aromatic heterocycles. The number of nitrogens with one attached hydrogen (secondary N) is 1. The number of aromatic nitrogens is 3. The van der Waals surface area contributed by atoms with Crippen LogP contribution in [0.4, 0.5) is 5.13 Å². The number of para-hydroxylation sites is 1. The van der Waals surface area contributed by atoms with Crippen molar-refractivity contribution in [2.75, 3.05) is 5.32 Å². The topological polar surface area (TPSA) is 59.8 Å². The number of carbonyl (C=O) groups is 1. The summed E-state index contributed by atoms with van der Waals surface area (Å²) in [7, 11) is 0. The third kappa shape index (κ3) is 3.83. The molecule has 0 saturated carbocycles. The Morgan fingerprint density at radius 2 is 1.79 bits per heavy atom. The van der Waals surface area contributed by atoms with Gasteiger partial charge in [0.15, 0.2) is 5.13 Å². The zero-order chi connectivity index (χ0) is 19.5. The molecule has 0 aliphatic rings. The summed E-state index contributed by atoms with van der Waals surface area (Å²) >= 11 is 7.91. The van der Waals surface area contributed by atoms with Gasteiger partial charge in [0.25, 0.3) is 5.91 Å². The predicted octanol–water partition coefficient (Wildman–Crippen LogP) is 5.13. The smallest absolute Gasteiger partial charge is 0.262 e. The summed E-state index contributed by atoms with van der Waals surface area (Å²) < 4.78 is 1.56. The lowest BCUT2D eigenvalue weighted by atomic mass is 10.1. The number of aryl methyl sites for hydroxylation is 1. The minimum Gasteiger partial charge on any atom is -0.298 e. The van der Waals surface area contributed by atoms with Gasteiger partial charge in [-0.2, -0.15) is 5.10 Å². The molecule has 2 aromatic carbocycles. The molecule has 4 aromatic rings. The summed E-state index contributed by atoms with van der Waals surface area (Å²) in [5, 5.41) is 8.07. The van der Waals surface area contributed by atoms with Crippen LogP contribution in [0.5, 0.6) is 0 Å². The first kappa shape index (κ1) is 18.4. The van der Waals surface area contributed by atoms with Gasteiger partial charge in [-0.25, -0.2) is 9.67 Å². The predicted molar refractivity (Wildman–Crippen MR) is 113 cm³/mol. The van der Waals surface area contributed by atoms with Crippen molar-refractivity contribution in [1.29, 1.82) is 0 Å². The monoisotopic (exact) mass is 408 g/mol. The molecule has 0 radical (unpaired) electrons. The number of carbonyl (C=O) groups excluding carboxylic acids is 1. The highest BCUT2D eigenvalue weighted by Gasteiger charge is 2.22. The Bertz CT molecular complexity index is 1110. The normalized spacial score (nSPS) is 10.8. The van der Waals surface area contributed by atoms with Gasteiger partial charge in [-0.3, -0.25) is 10.1 Å². The molecule has 7 heteroatoms. The second kappa shape index (κ2) is 7.96. The zero-order valence-electron chi connectivity index (χ0n) is 15.1. The van der Waals surface area contributed by atoms with Gasteiger partial charge < -0.3 is 0 Å². The first-order valence-corrected chi connectivity index (χ1v) is 9.92. The fraction of sp³-hybridized carbons (Fsp3) is 0.0952. The van der Waals surface area contributed by atoms with Crippen LogP contribution in [0.3, 0.4) is 0 Å². The molecule has 0 aliphatic heterocycles. The van der Waals surface area contributed by atoms with Gasteiger partial charge in [0.1, 0.15) is 10.7 Å². The summed E-state index contributed by atoms with van der Waals surface area (Å²) in [6, 6.07) is 19.6. The molecule has 140 valence electrons. The molecule has 0 bridgehead atoms. The summed E-state index contributed by atoms with van der Waals surface area (Å²) in [5.41, 5.74) is 2.92. The van der Waals surface area contributed by atoms with Crippen molar-refractivity contribution in [1.82, 2.24) is 14.8 Å². The fourth-order valence-electron chi connectivity index (χ4n) is 2.90. The molecular formula is C21H17ClN4OS. The van der Waals surface area contributed by atoms with E-state index in [0.717, 1.165) is 17.0 Å². The molecule has 1 amide bonds. The van der Waals surface area contributed by atoms with Crippen molar-refractivity contribution < 1.29 is 4.79 Å². The lowest BCUT2D eigenvalue weighted by Crippen LogP contribution is -2.12. The Kier molecular flexibility index (Phi) is 5.23. The molecule has 0 atom stereocenters. The maximum atomic E-state index is 12.8. The molecule has 0 unspecified atom stereocenters. The standard InChI is InChI=1S/C21H17ClN4OS/c1-14-18(19(22)26(25-14)16-10-6-3-7-11-16)20(27)24-21-23-13-17(28-21)12-15-8-4-2-5-9-15/h2-11,13H,12H2,1H3,(H,23,24,27). The zero-order valence-corrected chi connectivity index (χ0v) is 16.7. The van der Waals surface area contributed by atoms with Crippen LogP contribution < -0.4 is 5.32 Å². The lowest BCUT2D eigenvalue weighted by Gasteiger charge is -2.03. The average Bonchev–Trinajstić information content (AvgIpc) is 3.26. The second-order valence-electron chi connectivity index (χ2n) is 6.25. The van der Waals surface area contributed by atoms with E-state index in [0.29, 0.717) is 16.4 Å². The average molecular weight is 409 g/mol. The summed E-state index contributed by atoms with van der Waals surface area (Å²) in [6.07, 6.45) is 2.56. The van der Waals surface area contributed by atoms with Crippen molar-refractivity contribution in [3.05, 3.63) is 93.7 Å². The molecular weight excluding hydrogens is 392 g/mol. The number of amides is 1. The molecule has 5 nitrogen and oxygen atoms in total. The van der Waals surface area contributed by atoms with Crippen molar-refractivity contribution >= 4 is 34.0 Å². The van der Waals surface area contributed by atoms with E-state index in [1.807, 2.05) is 48.5 Å². The van der Waals surface area contributed by atoms with E-state index >= 15 is 0 Å². The molecule has 0 aliphatic carbocycles. The number of nitrogens with zero attached hydrogens (tertiary/aromatic N) is 3. The summed E-state index contributed by atoms with van der Waals surface area (Å²) in [6.45, 7) is 1.77. The summed E-state index contributed by atoms with van der Waals surface area (Å²) in [5.74, 6) is -0.315. The first-order chi connectivity index (χ1) is 13.6. The highest BCUT2D eigenvalue weighted by atomic mass is 35.5. The van der Waals surface area contributed by atoms with Gasteiger partial charge >= 0.3 is 0 Å². The van der Waals surface area contributed by atoms with Crippen LogP contribution in [-0.4, -0.2) is 20.7 Å². The van der Waals surface area contributed by atoms with Crippen LogP contribution in [0.25, 0.3) is 5.69 Å². The SMILES string of the molecule is Cc1nn(-c2ccccc2)c(Cl)c1C(=O)Nc1ncc(Cc2ccccc2)s1. The van der Waals surface area contributed by atoms with E-state index in [9.17, 15) is 4.79 Å². The van der Waals surface area contributed by atoms with Crippen LogP contribution >= 0.6 is 22.9 Å². The van der Waals surface area contributed by atoms with E-state index in [1.54, 1.807) is 17.8 Å². The van der Waals surface area contributed by atoms with E-state index in [-0.39, 0.29) is 11.1 Å². The highest BCUT2D eigenvalue weighted by molar-refractivity contribution is 7.15. The van der Waals surface area contributed by atoms with Gasteiger partial charge in [0.05, 0.1) is 11.4 Å². The van der Waals surface area contributed by atoms with E-state index in [1.165, 1.54) is 16.9 Å². The Morgan fingerprint density at radius 1 is 1.11 bits per heavy atom. The van der Waals surface area contributed by atoms with E-state index in [4.69, 9.17) is 11.6 Å². The first-order valence-electron chi connectivity index (χ1n) is 8.72. The van der Waals surface area contributed by atoms with Crippen molar-refractivity contribution in [2.45, 2.75) is 13.3 Å². The molecule has 0 saturated heterocycles. The molecule has 2 heterocycles. The number of thiazole rings is 1.